The van der Waals surface area contributed by atoms with E-state index >= 15 is 0 Å². The third-order valence-corrected chi connectivity index (χ3v) is 2.45. The van der Waals surface area contributed by atoms with Crippen molar-refractivity contribution in [2.75, 3.05) is 6.54 Å². The third-order valence-electron chi connectivity index (χ3n) is 2.45. The molecule has 0 spiro atoms. The number of amidine groups is 1. The fraction of sp³-hybridized carbons (Fsp3) is 0.333. The van der Waals surface area contributed by atoms with E-state index in [0.717, 1.165) is 6.42 Å². The van der Waals surface area contributed by atoms with E-state index in [0.29, 0.717) is 6.54 Å². The van der Waals surface area contributed by atoms with Crippen LogP contribution in [0.2, 0.25) is 0 Å². The first-order chi connectivity index (χ1) is 8.13. The summed E-state index contributed by atoms with van der Waals surface area (Å²) in [4.78, 5) is 11.3. The van der Waals surface area contributed by atoms with Crippen molar-refractivity contribution in [2.24, 2.45) is 10.9 Å². The average Bonchev–Trinajstić information content (AvgIpc) is 2.31. The monoisotopic (exact) mass is 235 g/mol. The van der Waals surface area contributed by atoms with Crippen LogP contribution in [0.4, 0.5) is 0 Å². The molecule has 0 saturated heterocycles. The normalized spacial score (nSPS) is 11.2. The topological polar surface area (TPSA) is 87.7 Å². The molecular formula is C12H17N3O2. The molecule has 1 rings (SSSR count). The van der Waals surface area contributed by atoms with E-state index in [9.17, 15) is 4.79 Å². The maximum absolute atomic E-state index is 11.3. The zero-order chi connectivity index (χ0) is 12.7. The highest BCUT2D eigenvalue weighted by Gasteiger charge is 2.04. The fourth-order valence-electron chi connectivity index (χ4n) is 1.49. The van der Waals surface area contributed by atoms with E-state index in [2.05, 4.69) is 10.5 Å². The van der Waals surface area contributed by atoms with Gasteiger partial charge in [0, 0.05) is 6.54 Å². The Labute approximate surface area is 100 Å². The summed E-state index contributed by atoms with van der Waals surface area (Å²) < 4.78 is 0. The third kappa shape index (κ3) is 4.55. The van der Waals surface area contributed by atoms with Gasteiger partial charge in [-0.25, -0.2) is 0 Å². The van der Waals surface area contributed by atoms with Gasteiger partial charge in [0.1, 0.15) is 5.84 Å². The highest BCUT2D eigenvalue weighted by atomic mass is 16.4. The average molecular weight is 235 g/mol. The van der Waals surface area contributed by atoms with Gasteiger partial charge < -0.3 is 16.3 Å². The Morgan fingerprint density at radius 1 is 1.47 bits per heavy atom. The molecule has 1 aromatic rings. The maximum atomic E-state index is 11.3. The molecule has 0 heterocycles. The number of nitrogens with two attached hydrogens (primary N) is 1. The summed E-state index contributed by atoms with van der Waals surface area (Å²) >= 11 is 0. The van der Waals surface area contributed by atoms with E-state index in [-0.39, 0.29) is 18.2 Å². The van der Waals surface area contributed by atoms with Gasteiger partial charge in [0.25, 0.3) is 0 Å². The van der Waals surface area contributed by atoms with Crippen LogP contribution in [-0.4, -0.2) is 23.5 Å². The van der Waals surface area contributed by atoms with Crippen molar-refractivity contribution >= 4 is 11.7 Å². The zero-order valence-corrected chi connectivity index (χ0v) is 9.81. The first-order valence-corrected chi connectivity index (χ1v) is 5.41. The molecule has 1 amide bonds. The Bertz CT molecular complexity index is 416. The summed E-state index contributed by atoms with van der Waals surface area (Å²) in [7, 11) is 0. The molecular weight excluding hydrogens is 218 g/mol. The molecule has 92 valence electrons. The molecule has 0 saturated carbocycles. The predicted octanol–water partition coefficient (Wildman–Crippen LogP) is 0.790. The summed E-state index contributed by atoms with van der Waals surface area (Å²) in [5.74, 6) is -0.327. The SMILES string of the molecule is Cc1ccccc1CCNC(=O)CC(N)=NO. The summed E-state index contributed by atoms with van der Waals surface area (Å²) in [6.45, 7) is 2.58. The Kier molecular flexibility index (Phi) is 5.00. The van der Waals surface area contributed by atoms with Gasteiger partial charge in [-0.05, 0) is 24.5 Å². The number of hydrogen-bond acceptors (Lipinski definition) is 3. The highest BCUT2D eigenvalue weighted by molar-refractivity contribution is 5.98. The van der Waals surface area contributed by atoms with E-state index in [1.165, 1.54) is 11.1 Å². The van der Waals surface area contributed by atoms with Gasteiger partial charge >= 0.3 is 0 Å². The lowest BCUT2D eigenvalue weighted by atomic mass is 10.1. The van der Waals surface area contributed by atoms with Gasteiger partial charge in [0.2, 0.25) is 5.91 Å². The minimum absolute atomic E-state index is 0.0791. The second kappa shape index (κ2) is 6.52. The van der Waals surface area contributed by atoms with Gasteiger partial charge in [-0.1, -0.05) is 29.4 Å². The summed E-state index contributed by atoms with van der Waals surface area (Å²) in [5.41, 5.74) is 7.63. The van der Waals surface area contributed by atoms with Gasteiger partial charge in [0.15, 0.2) is 0 Å². The smallest absolute Gasteiger partial charge is 0.227 e. The minimum Gasteiger partial charge on any atom is -0.409 e. The quantitative estimate of drug-likeness (QED) is 0.305. The molecule has 0 unspecified atom stereocenters. The maximum Gasteiger partial charge on any atom is 0.227 e. The van der Waals surface area contributed by atoms with Gasteiger partial charge in [-0.2, -0.15) is 0 Å². The molecule has 4 N–H and O–H groups in total. The van der Waals surface area contributed by atoms with Crippen LogP contribution in [0.15, 0.2) is 29.4 Å². The number of carbonyl (C=O) groups is 1. The minimum atomic E-state index is -0.242. The first-order valence-electron chi connectivity index (χ1n) is 5.41. The first kappa shape index (κ1) is 13.0. The highest BCUT2D eigenvalue weighted by Crippen LogP contribution is 2.06. The van der Waals surface area contributed by atoms with Crippen molar-refractivity contribution in [2.45, 2.75) is 19.8 Å². The molecule has 5 nitrogen and oxygen atoms in total. The molecule has 0 radical (unpaired) electrons. The molecule has 0 fully saturated rings. The number of amides is 1. The summed E-state index contributed by atoms with van der Waals surface area (Å²) in [6.07, 6.45) is 0.693. The van der Waals surface area contributed by atoms with Crippen molar-refractivity contribution in [3.05, 3.63) is 35.4 Å². The molecule has 0 aliphatic heterocycles. The molecule has 0 bridgehead atoms. The van der Waals surface area contributed by atoms with Crippen LogP contribution in [0.25, 0.3) is 0 Å². The van der Waals surface area contributed by atoms with Crippen LogP contribution in [-0.2, 0) is 11.2 Å². The number of aryl methyl sites for hydroxylation is 1. The number of benzene rings is 1. The Morgan fingerprint density at radius 3 is 2.82 bits per heavy atom. The second-order valence-electron chi connectivity index (χ2n) is 3.79. The van der Waals surface area contributed by atoms with E-state index in [4.69, 9.17) is 10.9 Å². The van der Waals surface area contributed by atoms with Gasteiger partial charge in [-0.15, -0.1) is 0 Å². The lowest BCUT2D eigenvalue weighted by molar-refractivity contribution is -0.119. The number of carbonyl (C=O) groups excluding carboxylic acids is 1. The van der Waals surface area contributed by atoms with Crippen molar-refractivity contribution < 1.29 is 10.0 Å². The van der Waals surface area contributed by atoms with Crippen LogP contribution >= 0.6 is 0 Å². The number of hydrogen-bond donors (Lipinski definition) is 3. The van der Waals surface area contributed by atoms with E-state index in [1.807, 2.05) is 31.2 Å². The van der Waals surface area contributed by atoms with Crippen LogP contribution in [0.5, 0.6) is 0 Å². The molecule has 1 aromatic carbocycles. The number of oxime groups is 1. The lowest BCUT2D eigenvalue weighted by Crippen LogP contribution is -2.30. The van der Waals surface area contributed by atoms with E-state index in [1.54, 1.807) is 0 Å². The number of rotatable bonds is 5. The second-order valence-corrected chi connectivity index (χ2v) is 3.79. The predicted molar refractivity (Wildman–Crippen MR) is 65.9 cm³/mol. The zero-order valence-electron chi connectivity index (χ0n) is 9.81. The molecule has 0 atom stereocenters. The number of nitrogens with one attached hydrogen (secondary N) is 1. The standard InChI is InChI=1S/C12H17N3O2/c1-9-4-2-3-5-10(9)6-7-14-12(16)8-11(13)15-17/h2-5,17H,6-8H2,1H3,(H2,13,15)(H,14,16). The molecule has 0 aliphatic carbocycles. The Morgan fingerprint density at radius 2 is 2.18 bits per heavy atom. The summed E-state index contributed by atoms with van der Waals surface area (Å²) in [5, 5.41) is 13.8. The van der Waals surface area contributed by atoms with Crippen molar-refractivity contribution in [1.29, 1.82) is 0 Å². The largest absolute Gasteiger partial charge is 0.409 e. The van der Waals surface area contributed by atoms with Crippen molar-refractivity contribution in [1.82, 2.24) is 5.32 Å². The van der Waals surface area contributed by atoms with Crippen LogP contribution in [0, 0.1) is 6.92 Å². The summed E-state index contributed by atoms with van der Waals surface area (Å²) in [6, 6.07) is 8.02. The van der Waals surface area contributed by atoms with Gasteiger partial charge in [-0.3, -0.25) is 4.79 Å². The molecule has 0 aromatic heterocycles. The molecule has 5 heteroatoms. The molecule has 17 heavy (non-hydrogen) atoms. The van der Waals surface area contributed by atoms with Crippen LogP contribution in [0.1, 0.15) is 17.5 Å². The van der Waals surface area contributed by atoms with E-state index < -0.39 is 0 Å². The number of nitrogens with zero attached hydrogens (tertiary/aromatic N) is 1. The van der Waals surface area contributed by atoms with Crippen LogP contribution < -0.4 is 11.1 Å². The molecule has 0 aliphatic rings. The fourth-order valence-corrected chi connectivity index (χ4v) is 1.49. The van der Waals surface area contributed by atoms with Crippen molar-refractivity contribution in [3.63, 3.8) is 0 Å². The van der Waals surface area contributed by atoms with Gasteiger partial charge in [0.05, 0.1) is 6.42 Å². The van der Waals surface area contributed by atoms with Crippen molar-refractivity contribution in [3.8, 4) is 0 Å². The van der Waals surface area contributed by atoms with Crippen LogP contribution in [0.3, 0.4) is 0 Å². The Hall–Kier alpha value is -2.04. The Balaban J connectivity index is 2.33. The lowest BCUT2D eigenvalue weighted by Gasteiger charge is -2.06.